The Morgan fingerprint density at radius 3 is 2.45 bits per heavy atom. The average molecular weight is 394 g/mol. The number of alkyl carbamates (subject to hydrolysis) is 1. The Morgan fingerprint density at radius 1 is 1.14 bits per heavy atom. The van der Waals surface area contributed by atoms with Gasteiger partial charge in [-0.3, -0.25) is 0 Å². The van der Waals surface area contributed by atoms with Crippen molar-refractivity contribution in [3.8, 4) is 0 Å². The molecule has 1 aliphatic carbocycles. The van der Waals surface area contributed by atoms with Gasteiger partial charge in [0.25, 0.3) is 0 Å². The average Bonchev–Trinajstić information content (AvgIpc) is 3.05. The van der Waals surface area contributed by atoms with Gasteiger partial charge >= 0.3 is 6.09 Å². The summed E-state index contributed by atoms with van der Waals surface area (Å²) in [6.07, 6.45) is 4.58. The van der Waals surface area contributed by atoms with Crippen molar-refractivity contribution < 1.29 is 9.53 Å². The van der Waals surface area contributed by atoms with Crippen LogP contribution >= 0.6 is 0 Å². The number of nitrogens with one attached hydrogen (secondary N) is 1. The van der Waals surface area contributed by atoms with Crippen molar-refractivity contribution in [1.82, 2.24) is 5.32 Å². The second kappa shape index (κ2) is 8.36. The van der Waals surface area contributed by atoms with Crippen LogP contribution in [0.1, 0.15) is 47.1 Å². The van der Waals surface area contributed by atoms with Crippen LogP contribution in [0, 0.1) is 11.8 Å². The molecule has 0 radical (unpaired) electrons. The van der Waals surface area contributed by atoms with E-state index in [0.29, 0.717) is 5.84 Å². The number of amides is 1. The number of amidine groups is 1. The number of carbonyl (C=O) groups is 1. The van der Waals surface area contributed by atoms with E-state index in [2.05, 4.69) is 42.6 Å². The highest BCUT2D eigenvalue weighted by atomic mass is 16.6. The SMILES string of the molecule is CC1=CC=C2N=C(C(NC(=O)OC(C)(C)C)C(C)C)N=C2C1Cc1ccccc1. The van der Waals surface area contributed by atoms with E-state index in [0.717, 1.165) is 17.8 Å². The van der Waals surface area contributed by atoms with Crippen molar-refractivity contribution in [2.24, 2.45) is 21.8 Å². The summed E-state index contributed by atoms with van der Waals surface area (Å²) in [5.41, 5.74) is 3.88. The summed E-state index contributed by atoms with van der Waals surface area (Å²) in [6, 6.07) is 10.1. The molecule has 1 N–H and O–H groups in total. The zero-order valence-electron chi connectivity index (χ0n) is 18.2. The van der Waals surface area contributed by atoms with Gasteiger partial charge in [0.1, 0.15) is 5.60 Å². The van der Waals surface area contributed by atoms with E-state index in [1.165, 1.54) is 11.1 Å². The van der Waals surface area contributed by atoms with Crippen LogP contribution in [0.4, 0.5) is 4.79 Å². The molecular formula is C24H31N3O2. The Kier molecular flexibility index (Phi) is 6.06. The monoisotopic (exact) mass is 393 g/mol. The number of nitrogens with zero attached hydrogens (tertiary/aromatic N) is 2. The van der Waals surface area contributed by atoms with Crippen LogP contribution in [0.15, 0.2) is 63.7 Å². The smallest absolute Gasteiger partial charge is 0.408 e. The van der Waals surface area contributed by atoms with Crippen molar-refractivity contribution in [1.29, 1.82) is 0 Å². The number of allylic oxidation sites excluding steroid dienone is 4. The Labute approximate surface area is 173 Å². The summed E-state index contributed by atoms with van der Waals surface area (Å²) in [7, 11) is 0. The molecule has 1 aromatic carbocycles. The van der Waals surface area contributed by atoms with Crippen molar-refractivity contribution in [3.63, 3.8) is 0 Å². The molecule has 1 aromatic rings. The molecule has 0 aromatic heterocycles. The van der Waals surface area contributed by atoms with Crippen LogP contribution in [0.3, 0.4) is 0 Å². The first-order chi connectivity index (χ1) is 13.6. The van der Waals surface area contributed by atoms with Crippen LogP contribution in [0.2, 0.25) is 0 Å². The number of ether oxygens (including phenoxy) is 1. The molecule has 2 atom stereocenters. The number of hydrogen-bond acceptors (Lipinski definition) is 4. The van der Waals surface area contributed by atoms with Gasteiger partial charge in [-0.15, -0.1) is 0 Å². The molecule has 1 amide bonds. The van der Waals surface area contributed by atoms with Crippen molar-refractivity contribution in [3.05, 3.63) is 59.3 Å². The van der Waals surface area contributed by atoms with Gasteiger partial charge in [-0.05, 0) is 51.7 Å². The molecule has 0 bridgehead atoms. The molecular weight excluding hydrogens is 362 g/mol. The molecule has 154 valence electrons. The molecule has 0 fully saturated rings. The second-order valence-corrected chi connectivity index (χ2v) is 9.04. The summed E-state index contributed by atoms with van der Waals surface area (Å²) in [4.78, 5) is 22.0. The van der Waals surface area contributed by atoms with Gasteiger partial charge in [-0.1, -0.05) is 55.8 Å². The maximum atomic E-state index is 12.3. The van der Waals surface area contributed by atoms with E-state index >= 15 is 0 Å². The fraction of sp³-hybridized carbons (Fsp3) is 0.458. The predicted molar refractivity (Wildman–Crippen MR) is 118 cm³/mol. The number of fused-ring (bicyclic) bond motifs is 1. The van der Waals surface area contributed by atoms with Gasteiger partial charge in [-0.2, -0.15) is 0 Å². The Balaban J connectivity index is 1.82. The quantitative estimate of drug-likeness (QED) is 0.757. The third kappa shape index (κ3) is 5.22. The normalized spacial score (nSPS) is 19.6. The summed E-state index contributed by atoms with van der Waals surface area (Å²) in [5.74, 6) is 0.967. The predicted octanol–water partition coefficient (Wildman–Crippen LogP) is 5.09. The summed E-state index contributed by atoms with van der Waals surface area (Å²) in [5, 5.41) is 2.96. The van der Waals surface area contributed by atoms with Crippen LogP contribution < -0.4 is 5.32 Å². The van der Waals surface area contributed by atoms with Crippen LogP contribution in [0.5, 0.6) is 0 Å². The fourth-order valence-corrected chi connectivity index (χ4v) is 3.52. The van der Waals surface area contributed by atoms with Crippen molar-refractivity contribution in [2.75, 3.05) is 0 Å². The maximum absolute atomic E-state index is 12.3. The Hall–Kier alpha value is -2.69. The molecule has 5 nitrogen and oxygen atoms in total. The van der Waals surface area contributed by atoms with E-state index < -0.39 is 11.7 Å². The topological polar surface area (TPSA) is 63.0 Å². The number of hydrogen-bond donors (Lipinski definition) is 1. The first-order valence-corrected chi connectivity index (χ1v) is 10.2. The zero-order chi connectivity index (χ0) is 21.2. The molecule has 1 aliphatic heterocycles. The van der Waals surface area contributed by atoms with E-state index in [9.17, 15) is 4.79 Å². The summed E-state index contributed by atoms with van der Waals surface area (Å²) < 4.78 is 5.44. The number of aliphatic imine (C=N–C) groups is 2. The first-order valence-electron chi connectivity index (χ1n) is 10.2. The third-order valence-electron chi connectivity index (χ3n) is 5.02. The van der Waals surface area contributed by atoms with Gasteiger partial charge in [0.05, 0.1) is 17.5 Å². The molecule has 0 saturated carbocycles. The Morgan fingerprint density at radius 2 is 1.83 bits per heavy atom. The Bertz CT molecular complexity index is 886. The number of benzene rings is 1. The molecule has 2 aliphatic rings. The number of rotatable bonds is 5. The maximum Gasteiger partial charge on any atom is 0.408 e. The fourth-order valence-electron chi connectivity index (χ4n) is 3.52. The van der Waals surface area contributed by atoms with Crippen LogP contribution in [-0.4, -0.2) is 29.3 Å². The zero-order valence-corrected chi connectivity index (χ0v) is 18.2. The molecule has 0 saturated heterocycles. The van der Waals surface area contributed by atoms with E-state index in [-0.39, 0.29) is 17.9 Å². The first kappa shape index (κ1) is 21.0. The minimum Gasteiger partial charge on any atom is -0.444 e. The second-order valence-electron chi connectivity index (χ2n) is 9.04. The van der Waals surface area contributed by atoms with Gasteiger partial charge in [0.15, 0.2) is 5.84 Å². The van der Waals surface area contributed by atoms with E-state index in [1.54, 1.807) is 0 Å². The highest BCUT2D eigenvalue weighted by Crippen LogP contribution is 2.31. The summed E-state index contributed by atoms with van der Waals surface area (Å²) in [6.45, 7) is 11.8. The van der Waals surface area contributed by atoms with Gasteiger partial charge < -0.3 is 10.1 Å². The van der Waals surface area contributed by atoms with E-state index in [1.807, 2.05) is 46.8 Å². The molecule has 3 rings (SSSR count). The highest BCUT2D eigenvalue weighted by Gasteiger charge is 2.33. The minimum atomic E-state index is -0.548. The van der Waals surface area contributed by atoms with Gasteiger partial charge in [0.2, 0.25) is 0 Å². The summed E-state index contributed by atoms with van der Waals surface area (Å²) >= 11 is 0. The van der Waals surface area contributed by atoms with Gasteiger partial charge in [-0.25, -0.2) is 14.8 Å². The number of carbonyl (C=O) groups excluding carboxylic acids is 1. The lowest BCUT2D eigenvalue weighted by atomic mass is 9.84. The molecule has 1 heterocycles. The lowest BCUT2D eigenvalue weighted by molar-refractivity contribution is 0.0508. The van der Waals surface area contributed by atoms with Crippen molar-refractivity contribution >= 4 is 17.6 Å². The highest BCUT2D eigenvalue weighted by molar-refractivity contribution is 6.17. The van der Waals surface area contributed by atoms with E-state index in [4.69, 9.17) is 14.7 Å². The van der Waals surface area contributed by atoms with Crippen LogP contribution in [-0.2, 0) is 11.2 Å². The molecule has 29 heavy (non-hydrogen) atoms. The van der Waals surface area contributed by atoms with Crippen molar-refractivity contribution in [2.45, 2.75) is 59.6 Å². The minimum absolute atomic E-state index is 0.132. The van der Waals surface area contributed by atoms with Crippen LogP contribution in [0.25, 0.3) is 0 Å². The molecule has 5 heteroatoms. The largest absolute Gasteiger partial charge is 0.444 e. The molecule has 0 spiro atoms. The standard InChI is InChI=1S/C24H31N3O2/c1-15(2)20(27-23(28)29-24(4,5)6)22-25-19-13-12-16(3)18(21(19)26-22)14-17-10-8-7-9-11-17/h7-13,15,18,20H,14H2,1-6H3,(H,27,28). The lowest BCUT2D eigenvalue weighted by Gasteiger charge is -2.25. The molecule has 2 unspecified atom stereocenters. The lowest BCUT2D eigenvalue weighted by Crippen LogP contribution is -2.45. The third-order valence-corrected chi connectivity index (χ3v) is 5.02. The van der Waals surface area contributed by atoms with Gasteiger partial charge in [0, 0.05) is 5.92 Å².